The average molecular weight is 246 g/mol. The van der Waals surface area contributed by atoms with Crippen molar-refractivity contribution in [2.45, 2.75) is 40.3 Å². The van der Waals surface area contributed by atoms with Gasteiger partial charge in [-0.15, -0.1) is 0 Å². The molecule has 98 valence electrons. The number of nitrogens with zero attached hydrogens (tertiary/aromatic N) is 1. The Kier molecular flexibility index (Phi) is 3.62. The van der Waals surface area contributed by atoms with Crippen LogP contribution in [-0.4, -0.2) is 16.2 Å². The van der Waals surface area contributed by atoms with Crippen LogP contribution in [-0.2, 0) is 6.54 Å². The van der Waals surface area contributed by atoms with Gasteiger partial charge in [-0.2, -0.15) is 0 Å². The van der Waals surface area contributed by atoms with Gasteiger partial charge in [-0.25, -0.2) is 0 Å². The van der Waals surface area contributed by atoms with Crippen molar-refractivity contribution in [2.75, 3.05) is 6.54 Å². The molecule has 0 bridgehead atoms. The molecule has 18 heavy (non-hydrogen) atoms. The number of hydrogen-bond acceptors (Lipinski definition) is 2. The van der Waals surface area contributed by atoms with Gasteiger partial charge in [-0.1, -0.05) is 6.92 Å². The third kappa shape index (κ3) is 2.10. The zero-order valence-corrected chi connectivity index (χ0v) is 11.6. The van der Waals surface area contributed by atoms with E-state index in [1.165, 1.54) is 16.8 Å². The minimum atomic E-state index is 0.334. The van der Waals surface area contributed by atoms with Crippen LogP contribution < -0.4 is 5.32 Å². The van der Waals surface area contributed by atoms with Crippen LogP contribution in [0.3, 0.4) is 0 Å². The van der Waals surface area contributed by atoms with Gasteiger partial charge in [0.1, 0.15) is 5.75 Å². The number of nitrogens with one attached hydrogen (secondary N) is 1. The first-order valence-electron chi connectivity index (χ1n) is 6.59. The second-order valence-corrected chi connectivity index (χ2v) is 5.01. The summed E-state index contributed by atoms with van der Waals surface area (Å²) < 4.78 is 2.33. The van der Waals surface area contributed by atoms with Gasteiger partial charge < -0.3 is 15.0 Å². The Bertz CT molecular complexity index is 555. The lowest BCUT2D eigenvalue weighted by Crippen LogP contribution is -2.13. The van der Waals surface area contributed by atoms with E-state index < -0.39 is 0 Å². The topological polar surface area (TPSA) is 37.2 Å². The van der Waals surface area contributed by atoms with Gasteiger partial charge in [0, 0.05) is 29.2 Å². The lowest BCUT2D eigenvalue weighted by molar-refractivity contribution is 0.476. The van der Waals surface area contributed by atoms with Crippen LogP contribution in [0, 0.1) is 6.92 Å². The Morgan fingerprint density at radius 1 is 1.33 bits per heavy atom. The van der Waals surface area contributed by atoms with Gasteiger partial charge in [0.05, 0.1) is 0 Å². The molecule has 2 aromatic rings. The summed E-state index contributed by atoms with van der Waals surface area (Å²) in [6.45, 7) is 10.4. The summed E-state index contributed by atoms with van der Waals surface area (Å²) >= 11 is 0. The summed E-state index contributed by atoms with van der Waals surface area (Å²) in [4.78, 5) is 0. The van der Waals surface area contributed by atoms with Gasteiger partial charge in [-0.3, -0.25) is 0 Å². The number of aromatic hydroxyl groups is 1. The van der Waals surface area contributed by atoms with E-state index in [-0.39, 0.29) is 0 Å². The fourth-order valence-corrected chi connectivity index (χ4v) is 2.64. The highest BCUT2D eigenvalue weighted by atomic mass is 16.3. The van der Waals surface area contributed by atoms with Gasteiger partial charge in [0.25, 0.3) is 0 Å². The Balaban J connectivity index is 2.66. The molecule has 3 heteroatoms. The zero-order chi connectivity index (χ0) is 13.3. The van der Waals surface area contributed by atoms with E-state index >= 15 is 0 Å². The monoisotopic (exact) mass is 246 g/mol. The van der Waals surface area contributed by atoms with Crippen molar-refractivity contribution >= 4 is 10.9 Å². The molecular weight excluding hydrogens is 224 g/mol. The van der Waals surface area contributed by atoms with Crippen molar-refractivity contribution < 1.29 is 5.11 Å². The number of phenolic OH excluding ortho intramolecular Hbond substituents is 1. The Hall–Kier alpha value is -1.48. The maximum Gasteiger partial charge on any atom is 0.116 e. The molecule has 0 aliphatic heterocycles. The van der Waals surface area contributed by atoms with Gasteiger partial charge >= 0.3 is 0 Å². The molecule has 0 unspecified atom stereocenters. The maximum atomic E-state index is 9.69. The molecule has 0 fully saturated rings. The van der Waals surface area contributed by atoms with E-state index in [2.05, 4.69) is 37.6 Å². The molecule has 0 aliphatic rings. The smallest absolute Gasteiger partial charge is 0.116 e. The number of aromatic nitrogens is 1. The van der Waals surface area contributed by atoms with Crippen LogP contribution in [0.2, 0.25) is 0 Å². The van der Waals surface area contributed by atoms with E-state index in [4.69, 9.17) is 0 Å². The molecule has 1 heterocycles. The van der Waals surface area contributed by atoms with Crippen molar-refractivity contribution in [3.63, 3.8) is 0 Å². The molecule has 2 N–H and O–H groups in total. The first-order valence-corrected chi connectivity index (χ1v) is 6.59. The van der Waals surface area contributed by atoms with Crippen molar-refractivity contribution in [3.05, 3.63) is 29.5 Å². The largest absolute Gasteiger partial charge is 0.508 e. The number of rotatable bonds is 4. The standard InChI is InChI=1S/C15H22N2O/c1-5-16-9-14-11(4)17(10(2)3)15-7-6-12(18)8-13(14)15/h6-8,10,16,18H,5,9H2,1-4H3. The van der Waals surface area contributed by atoms with Crippen LogP contribution in [0.25, 0.3) is 10.9 Å². The molecule has 1 aromatic heterocycles. The van der Waals surface area contributed by atoms with E-state index in [1.807, 2.05) is 12.1 Å². The lowest BCUT2D eigenvalue weighted by atomic mass is 10.1. The summed E-state index contributed by atoms with van der Waals surface area (Å²) in [5.41, 5.74) is 3.77. The normalized spacial score (nSPS) is 11.6. The molecule has 0 radical (unpaired) electrons. The summed E-state index contributed by atoms with van der Waals surface area (Å²) in [7, 11) is 0. The predicted molar refractivity (Wildman–Crippen MR) is 76.1 cm³/mol. The molecule has 0 atom stereocenters. The molecule has 2 rings (SSSR count). The number of benzene rings is 1. The number of hydrogen-bond donors (Lipinski definition) is 2. The minimum Gasteiger partial charge on any atom is -0.508 e. The van der Waals surface area contributed by atoms with E-state index in [1.54, 1.807) is 6.07 Å². The first kappa shape index (κ1) is 13.0. The van der Waals surface area contributed by atoms with Crippen molar-refractivity contribution in [2.24, 2.45) is 0 Å². The second-order valence-electron chi connectivity index (χ2n) is 5.01. The zero-order valence-electron chi connectivity index (χ0n) is 11.6. The third-order valence-corrected chi connectivity index (χ3v) is 3.43. The highest BCUT2D eigenvalue weighted by Crippen LogP contribution is 2.31. The molecule has 3 nitrogen and oxygen atoms in total. The van der Waals surface area contributed by atoms with E-state index in [9.17, 15) is 5.11 Å². The fraction of sp³-hybridized carbons (Fsp3) is 0.467. The molecule has 0 amide bonds. The predicted octanol–water partition coefficient (Wildman–Crippen LogP) is 3.35. The quantitative estimate of drug-likeness (QED) is 0.868. The van der Waals surface area contributed by atoms with Crippen LogP contribution in [0.4, 0.5) is 0 Å². The summed E-state index contributed by atoms with van der Waals surface area (Å²) in [6, 6.07) is 6.06. The Morgan fingerprint density at radius 3 is 2.67 bits per heavy atom. The van der Waals surface area contributed by atoms with Crippen molar-refractivity contribution in [1.82, 2.24) is 9.88 Å². The SMILES string of the molecule is CCNCc1c(C)n(C(C)C)c2ccc(O)cc12. The van der Waals surface area contributed by atoms with Gasteiger partial charge in [0.15, 0.2) is 0 Å². The summed E-state index contributed by atoms with van der Waals surface area (Å²) in [5, 5.41) is 14.2. The second kappa shape index (κ2) is 5.02. The van der Waals surface area contributed by atoms with Crippen LogP contribution in [0.1, 0.15) is 38.1 Å². The molecule has 0 spiro atoms. The Labute approximate surface area is 108 Å². The summed E-state index contributed by atoms with van der Waals surface area (Å²) in [5.74, 6) is 0.334. The lowest BCUT2D eigenvalue weighted by Gasteiger charge is -2.12. The third-order valence-electron chi connectivity index (χ3n) is 3.43. The first-order chi connectivity index (χ1) is 8.56. The van der Waals surface area contributed by atoms with Gasteiger partial charge in [-0.05, 0) is 51.1 Å². The number of fused-ring (bicyclic) bond motifs is 1. The molecule has 0 saturated heterocycles. The van der Waals surface area contributed by atoms with E-state index in [0.717, 1.165) is 18.5 Å². The molecule has 0 aliphatic carbocycles. The molecule has 0 saturated carbocycles. The van der Waals surface area contributed by atoms with Crippen LogP contribution >= 0.6 is 0 Å². The van der Waals surface area contributed by atoms with E-state index in [0.29, 0.717) is 11.8 Å². The molecule has 1 aromatic carbocycles. The fourth-order valence-electron chi connectivity index (χ4n) is 2.64. The van der Waals surface area contributed by atoms with Crippen LogP contribution in [0.5, 0.6) is 5.75 Å². The average Bonchev–Trinajstić information content (AvgIpc) is 2.58. The number of phenols is 1. The summed E-state index contributed by atoms with van der Waals surface area (Å²) in [6.07, 6.45) is 0. The highest BCUT2D eigenvalue weighted by molar-refractivity contribution is 5.87. The van der Waals surface area contributed by atoms with Gasteiger partial charge in [0.2, 0.25) is 0 Å². The minimum absolute atomic E-state index is 0.334. The van der Waals surface area contributed by atoms with Crippen molar-refractivity contribution in [1.29, 1.82) is 0 Å². The molecular formula is C15H22N2O. The van der Waals surface area contributed by atoms with Crippen LogP contribution in [0.15, 0.2) is 18.2 Å². The maximum absolute atomic E-state index is 9.69. The van der Waals surface area contributed by atoms with Crippen molar-refractivity contribution in [3.8, 4) is 5.75 Å². The highest BCUT2D eigenvalue weighted by Gasteiger charge is 2.15. The Morgan fingerprint density at radius 2 is 2.06 bits per heavy atom.